The smallest absolute Gasteiger partial charge is 0.320 e. The van der Waals surface area contributed by atoms with Crippen molar-refractivity contribution in [2.75, 3.05) is 0 Å². The van der Waals surface area contributed by atoms with Crippen molar-refractivity contribution >= 4 is 17.3 Å². The first kappa shape index (κ1) is 15.0. The Kier molecular flexibility index (Phi) is 4.31. The Balaban J connectivity index is 1.78. The number of carboxylic acids is 1. The molecule has 1 aliphatic heterocycles. The second-order valence-electron chi connectivity index (χ2n) is 6.71. The van der Waals surface area contributed by atoms with E-state index in [-0.39, 0.29) is 6.04 Å². The average molecular weight is 308 g/mol. The molecule has 5 heteroatoms. The molecule has 1 aromatic rings. The SMILES string of the molecule is CC(C)c1nc(CN2C(C(=O)O)CC3CCCCC32)cs1. The van der Waals surface area contributed by atoms with Crippen molar-refractivity contribution in [3.8, 4) is 0 Å². The van der Waals surface area contributed by atoms with E-state index in [1.807, 2.05) is 0 Å². The average Bonchev–Trinajstić information content (AvgIpc) is 3.05. The molecule has 4 nitrogen and oxygen atoms in total. The number of hydrogen-bond donors (Lipinski definition) is 1. The van der Waals surface area contributed by atoms with E-state index >= 15 is 0 Å². The summed E-state index contributed by atoms with van der Waals surface area (Å²) >= 11 is 1.69. The summed E-state index contributed by atoms with van der Waals surface area (Å²) in [6.45, 7) is 4.99. The van der Waals surface area contributed by atoms with E-state index in [4.69, 9.17) is 0 Å². The number of rotatable bonds is 4. The van der Waals surface area contributed by atoms with Crippen molar-refractivity contribution in [2.45, 2.75) is 70.5 Å². The Labute approximate surface area is 130 Å². The van der Waals surface area contributed by atoms with Crippen LogP contribution in [0, 0.1) is 5.92 Å². The summed E-state index contributed by atoms with van der Waals surface area (Å²) in [5.41, 5.74) is 1.04. The molecule has 1 aromatic heterocycles. The molecule has 2 aliphatic rings. The van der Waals surface area contributed by atoms with Gasteiger partial charge in [0.15, 0.2) is 0 Å². The number of nitrogens with zero attached hydrogens (tertiary/aromatic N) is 2. The zero-order valence-electron chi connectivity index (χ0n) is 12.8. The number of fused-ring (bicyclic) bond motifs is 1. The maximum absolute atomic E-state index is 11.6. The fraction of sp³-hybridized carbons (Fsp3) is 0.750. The molecule has 2 heterocycles. The lowest BCUT2D eigenvalue weighted by Gasteiger charge is -2.32. The number of aliphatic carboxylic acids is 1. The molecule has 3 atom stereocenters. The summed E-state index contributed by atoms with van der Waals surface area (Å²) in [7, 11) is 0. The van der Waals surface area contributed by atoms with Gasteiger partial charge in [0.1, 0.15) is 6.04 Å². The normalized spacial score (nSPS) is 29.8. The van der Waals surface area contributed by atoms with Crippen LogP contribution in [0.3, 0.4) is 0 Å². The number of thiazole rings is 1. The predicted octanol–water partition coefficient (Wildman–Crippen LogP) is 3.48. The largest absolute Gasteiger partial charge is 0.480 e. The van der Waals surface area contributed by atoms with Crippen LogP contribution in [0.5, 0.6) is 0 Å². The molecule has 0 spiro atoms. The maximum atomic E-state index is 11.6. The summed E-state index contributed by atoms with van der Waals surface area (Å²) < 4.78 is 0. The Morgan fingerprint density at radius 1 is 1.48 bits per heavy atom. The minimum absolute atomic E-state index is 0.317. The summed E-state index contributed by atoms with van der Waals surface area (Å²) in [6, 6.07) is 0.131. The molecular formula is C16H24N2O2S. The van der Waals surface area contributed by atoms with E-state index in [1.54, 1.807) is 11.3 Å². The second kappa shape index (κ2) is 6.05. The minimum atomic E-state index is -0.663. The van der Waals surface area contributed by atoms with Gasteiger partial charge in [-0.3, -0.25) is 9.69 Å². The van der Waals surface area contributed by atoms with Crippen molar-refractivity contribution in [1.82, 2.24) is 9.88 Å². The first-order chi connectivity index (χ1) is 10.1. The standard InChI is InChI=1S/C16H24N2O2S/c1-10(2)15-17-12(9-21-15)8-18-13-6-4-3-5-11(13)7-14(18)16(19)20/h9-11,13-14H,3-8H2,1-2H3,(H,19,20). The lowest BCUT2D eigenvalue weighted by atomic mass is 9.85. The van der Waals surface area contributed by atoms with Crippen molar-refractivity contribution in [1.29, 1.82) is 0 Å². The summed E-state index contributed by atoms with van der Waals surface area (Å²) in [6.07, 6.45) is 5.66. The van der Waals surface area contributed by atoms with Crippen LogP contribution >= 0.6 is 11.3 Å². The van der Waals surface area contributed by atoms with Crippen LogP contribution in [0.2, 0.25) is 0 Å². The number of likely N-dealkylation sites (tertiary alicyclic amines) is 1. The topological polar surface area (TPSA) is 53.4 Å². The molecule has 1 saturated carbocycles. The van der Waals surface area contributed by atoms with Gasteiger partial charge in [0, 0.05) is 23.9 Å². The van der Waals surface area contributed by atoms with Crippen LogP contribution < -0.4 is 0 Å². The first-order valence-electron chi connectivity index (χ1n) is 7.99. The fourth-order valence-corrected chi connectivity index (χ4v) is 4.70. The molecule has 1 saturated heterocycles. The van der Waals surface area contributed by atoms with Crippen LogP contribution in [0.25, 0.3) is 0 Å². The zero-order chi connectivity index (χ0) is 15.0. The van der Waals surface area contributed by atoms with Gasteiger partial charge < -0.3 is 5.11 Å². The highest BCUT2D eigenvalue weighted by atomic mass is 32.1. The first-order valence-corrected chi connectivity index (χ1v) is 8.87. The van der Waals surface area contributed by atoms with Gasteiger partial charge in [-0.05, 0) is 25.2 Å². The highest BCUT2D eigenvalue weighted by molar-refractivity contribution is 7.09. The summed E-state index contributed by atoms with van der Waals surface area (Å²) in [5, 5.41) is 12.8. The Morgan fingerprint density at radius 2 is 2.24 bits per heavy atom. The number of aromatic nitrogens is 1. The van der Waals surface area contributed by atoms with E-state index in [0.717, 1.165) is 23.5 Å². The molecule has 1 N–H and O–H groups in total. The zero-order valence-corrected chi connectivity index (χ0v) is 13.6. The van der Waals surface area contributed by atoms with E-state index in [2.05, 4.69) is 29.1 Å². The van der Waals surface area contributed by atoms with Crippen LogP contribution in [-0.4, -0.2) is 33.0 Å². The number of carbonyl (C=O) groups is 1. The van der Waals surface area contributed by atoms with Gasteiger partial charge in [-0.2, -0.15) is 0 Å². The van der Waals surface area contributed by atoms with Gasteiger partial charge in [0.2, 0.25) is 0 Å². The van der Waals surface area contributed by atoms with Gasteiger partial charge in [0.25, 0.3) is 0 Å². The third-order valence-electron chi connectivity index (χ3n) is 4.91. The second-order valence-corrected chi connectivity index (χ2v) is 7.60. The molecule has 0 radical (unpaired) electrons. The molecular weight excluding hydrogens is 284 g/mol. The van der Waals surface area contributed by atoms with E-state index in [9.17, 15) is 9.90 Å². The molecule has 0 bridgehead atoms. The number of hydrogen-bond acceptors (Lipinski definition) is 4. The summed E-state index contributed by atoms with van der Waals surface area (Å²) in [4.78, 5) is 18.5. The van der Waals surface area contributed by atoms with E-state index < -0.39 is 5.97 Å². The van der Waals surface area contributed by atoms with Crippen LogP contribution in [0.1, 0.15) is 62.6 Å². The molecule has 3 unspecified atom stereocenters. The summed E-state index contributed by atoms with van der Waals surface area (Å²) in [5.74, 6) is 0.354. The van der Waals surface area contributed by atoms with Crippen molar-refractivity contribution in [3.63, 3.8) is 0 Å². The highest BCUT2D eigenvalue weighted by Crippen LogP contribution is 2.40. The van der Waals surface area contributed by atoms with E-state index in [0.29, 0.717) is 24.4 Å². The van der Waals surface area contributed by atoms with E-state index in [1.165, 1.54) is 19.3 Å². The van der Waals surface area contributed by atoms with Gasteiger partial charge in [-0.25, -0.2) is 4.98 Å². The molecule has 21 heavy (non-hydrogen) atoms. The third-order valence-corrected chi connectivity index (χ3v) is 6.11. The minimum Gasteiger partial charge on any atom is -0.480 e. The van der Waals surface area contributed by atoms with Crippen molar-refractivity contribution in [3.05, 3.63) is 16.1 Å². The fourth-order valence-electron chi connectivity index (χ4n) is 3.87. The monoisotopic (exact) mass is 308 g/mol. The van der Waals surface area contributed by atoms with Gasteiger partial charge in [-0.1, -0.05) is 26.7 Å². The van der Waals surface area contributed by atoms with Crippen LogP contribution in [0.15, 0.2) is 5.38 Å². The molecule has 0 aromatic carbocycles. The molecule has 116 valence electrons. The van der Waals surface area contributed by atoms with Gasteiger partial charge in [0.05, 0.1) is 10.7 Å². The van der Waals surface area contributed by atoms with Gasteiger partial charge >= 0.3 is 5.97 Å². The Hall–Kier alpha value is -0.940. The molecule has 2 fully saturated rings. The third kappa shape index (κ3) is 2.99. The lowest BCUT2D eigenvalue weighted by Crippen LogP contribution is -2.41. The van der Waals surface area contributed by atoms with Crippen molar-refractivity contribution in [2.24, 2.45) is 5.92 Å². The maximum Gasteiger partial charge on any atom is 0.320 e. The molecule has 3 rings (SSSR count). The van der Waals surface area contributed by atoms with Gasteiger partial charge in [-0.15, -0.1) is 11.3 Å². The number of carboxylic acid groups (broad SMARTS) is 1. The van der Waals surface area contributed by atoms with Crippen molar-refractivity contribution < 1.29 is 9.90 Å². The van der Waals surface area contributed by atoms with Crippen LogP contribution in [-0.2, 0) is 11.3 Å². The highest BCUT2D eigenvalue weighted by Gasteiger charge is 2.45. The Morgan fingerprint density at radius 3 is 2.90 bits per heavy atom. The lowest BCUT2D eigenvalue weighted by molar-refractivity contribution is -0.142. The molecule has 1 aliphatic carbocycles. The van der Waals surface area contributed by atoms with Crippen LogP contribution in [0.4, 0.5) is 0 Å². The molecule has 0 amide bonds. The quantitative estimate of drug-likeness (QED) is 0.925. The Bertz CT molecular complexity index is 514. The predicted molar refractivity (Wildman–Crippen MR) is 83.5 cm³/mol.